The van der Waals surface area contributed by atoms with Crippen molar-refractivity contribution in [1.82, 2.24) is 30.1 Å². The van der Waals surface area contributed by atoms with E-state index < -0.39 is 11.7 Å². The van der Waals surface area contributed by atoms with Crippen LogP contribution in [0.15, 0.2) is 54.9 Å². The average molecular weight is 605 g/mol. The fraction of sp³-hybridized carbons (Fsp3) is 0.469. The number of anilines is 3. The van der Waals surface area contributed by atoms with E-state index in [1.165, 1.54) is 12.7 Å². The van der Waals surface area contributed by atoms with Gasteiger partial charge >= 0.3 is 12.1 Å². The minimum atomic E-state index is -0.509. The van der Waals surface area contributed by atoms with Gasteiger partial charge in [-0.15, -0.1) is 0 Å². The number of nitrogens with zero attached hydrogens (tertiary/aromatic N) is 5. The maximum Gasteiger partial charge on any atom is 0.407 e. The smallest absolute Gasteiger partial charge is 0.407 e. The van der Waals surface area contributed by atoms with E-state index in [0.29, 0.717) is 31.6 Å². The van der Waals surface area contributed by atoms with Gasteiger partial charge < -0.3 is 25.4 Å². The number of alkyl carbamates (subject to hydrolysis) is 1. The predicted molar refractivity (Wildman–Crippen MR) is 171 cm³/mol. The zero-order chi connectivity index (χ0) is 31.5. The summed E-state index contributed by atoms with van der Waals surface area (Å²) in [6.07, 6.45) is 3.83. The molecule has 1 unspecified atom stereocenters. The van der Waals surface area contributed by atoms with Gasteiger partial charge in [-0.25, -0.2) is 19.7 Å². The van der Waals surface area contributed by atoms with Crippen LogP contribution in [-0.2, 0) is 20.8 Å². The first-order chi connectivity index (χ1) is 21.1. The molecule has 0 spiro atoms. The van der Waals surface area contributed by atoms with E-state index >= 15 is 0 Å². The second-order valence-electron chi connectivity index (χ2n) is 11.9. The molecule has 0 bridgehead atoms. The summed E-state index contributed by atoms with van der Waals surface area (Å²) in [6.45, 7) is 12.6. The van der Waals surface area contributed by atoms with Crippen LogP contribution >= 0.6 is 0 Å². The molecule has 1 aliphatic rings. The summed E-state index contributed by atoms with van der Waals surface area (Å²) < 4.78 is 10.1. The third kappa shape index (κ3) is 10.5. The summed E-state index contributed by atoms with van der Waals surface area (Å²) in [5.41, 5.74) is 3.23. The van der Waals surface area contributed by atoms with Crippen molar-refractivity contribution in [3.8, 4) is 11.3 Å². The Bertz CT molecular complexity index is 1380. The molecule has 12 nitrogen and oxygen atoms in total. The molecule has 1 aromatic carbocycles. The SMILES string of the molecule is COC(=O)CN1CCN(Cc2cccc(Nc3nccc(-c4ccc(NCCCNC(=O)OC(C)(C)C)nc4)n3)c2)C(C)C1. The molecule has 3 heterocycles. The van der Waals surface area contributed by atoms with Crippen molar-refractivity contribution in [3.05, 3.63) is 60.4 Å². The lowest BCUT2D eigenvalue weighted by atomic mass is 10.1. The highest BCUT2D eigenvalue weighted by Crippen LogP contribution is 2.22. The highest BCUT2D eigenvalue weighted by molar-refractivity contribution is 5.71. The highest BCUT2D eigenvalue weighted by atomic mass is 16.6. The molecule has 0 radical (unpaired) electrons. The normalized spacial score (nSPS) is 15.8. The summed E-state index contributed by atoms with van der Waals surface area (Å²) >= 11 is 0. The summed E-state index contributed by atoms with van der Waals surface area (Å²) in [6, 6.07) is 14.3. The predicted octanol–water partition coefficient (Wildman–Crippen LogP) is 4.29. The van der Waals surface area contributed by atoms with E-state index in [4.69, 9.17) is 14.5 Å². The van der Waals surface area contributed by atoms with E-state index in [0.717, 1.165) is 55.4 Å². The van der Waals surface area contributed by atoms with Gasteiger partial charge in [0.2, 0.25) is 5.95 Å². The summed E-state index contributed by atoms with van der Waals surface area (Å²) in [5, 5.41) is 9.35. The van der Waals surface area contributed by atoms with Crippen LogP contribution in [0, 0.1) is 0 Å². The van der Waals surface area contributed by atoms with Crippen molar-refractivity contribution < 1.29 is 19.1 Å². The number of amides is 1. The molecule has 3 N–H and O–H groups in total. The Labute approximate surface area is 259 Å². The van der Waals surface area contributed by atoms with Crippen molar-refractivity contribution in [2.45, 2.75) is 52.3 Å². The second-order valence-corrected chi connectivity index (χ2v) is 11.9. The quantitative estimate of drug-likeness (QED) is 0.202. The van der Waals surface area contributed by atoms with E-state index in [-0.39, 0.29) is 5.97 Å². The van der Waals surface area contributed by atoms with Crippen LogP contribution in [0.25, 0.3) is 11.3 Å². The number of hydrogen-bond donors (Lipinski definition) is 3. The largest absolute Gasteiger partial charge is 0.468 e. The first-order valence-electron chi connectivity index (χ1n) is 15.0. The van der Waals surface area contributed by atoms with Gasteiger partial charge in [-0.3, -0.25) is 14.6 Å². The molecule has 2 aromatic heterocycles. The Kier molecular flexibility index (Phi) is 11.4. The van der Waals surface area contributed by atoms with Crippen LogP contribution in [0.5, 0.6) is 0 Å². The Morgan fingerprint density at radius 2 is 1.91 bits per heavy atom. The molecule has 12 heteroatoms. The van der Waals surface area contributed by atoms with Gasteiger partial charge in [-0.2, -0.15) is 0 Å². The van der Waals surface area contributed by atoms with Gasteiger partial charge in [-0.05, 0) is 70.0 Å². The Morgan fingerprint density at radius 3 is 2.64 bits per heavy atom. The highest BCUT2D eigenvalue weighted by Gasteiger charge is 2.25. The first-order valence-corrected chi connectivity index (χ1v) is 15.0. The van der Waals surface area contributed by atoms with Gasteiger partial charge in [-0.1, -0.05) is 12.1 Å². The van der Waals surface area contributed by atoms with Crippen molar-refractivity contribution in [1.29, 1.82) is 0 Å². The van der Waals surface area contributed by atoms with Crippen LogP contribution in [-0.4, -0.2) is 94.8 Å². The van der Waals surface area contributed by atoms with Crippen LogP contribution in [0.2, 0.25) is 0 Å². The third-order valence-electron chi connectivity index (χ3n) is 7.04. The zero-order valence-electron chi connectivity index (χ0n) is 26.3. The molecule has 44 heavy (non-hydrogen) atoms. The monoisotopic (exact) mass is 604 g/mol. The number of aromatic nitrogens is 3. The topological polar surface area (TPSA) is 134 Å². The Morgan fingerprint density at radius 1 is 1.07 bits per heavy atom. The number of rotatable bonds is 12. The summed E-state index contributed by atoms with van der Waals surface area (Å²) in [7, 11) is 1.43. The lowest BCUT2D eigenvalue weighted by Crippen LogP contribution is -2.52. The summed E-state index contributed by atoms with van der Waals surface area (Å²) in [5.74, 6) is 1.05. The molecule has 1 atom stereocenters. The summed E-state index contributed by atoms with van der Waals surface area (Å²) in [4.78, 5) is 41.6. The van der Waals surface area contributed by atoms with Crippen LogP contribution in [0.3, 0.4) is 0 Å². The molecule has 3 aromatic rings. The van der Waals surface area contributed by atoms with Crippen molar-refractivity contribution in [2.24, 2.45) is 0 Å². The first kappa shape index (κ1) is 32.6. The van der Waals surface area contributed by atoms with Gasteiger partial charge in [0, 0.05) is 69.0 Å². The maximum absolute atomic E-state index is 11.7. The average Bonchev–Trinajstić information content (AvgIpc) is 2.98. The van der Waals surface area contributed by atoms with E-state index in [1.807, 2.05) is 51.1 Å². The van der Waals surface area contributed by atoms with Gasteiger partial charge in [0.25, 0.3) is 0 Å². The molecule has 1 amide bonds. The number of methoxy groups -OCH3 is 1. The fourth-order valence-electron chi connectivity index (χ4n) is 4.85. The fourth-order valence-corrected chi connectivity index (χ4v) is 4.85. The van der Waals surface area contributed by atoms with E-state index in [9.17, 15) is 9.59 Å². The van der Waals surface area contributed by atoms with Crippen LogP contribution in [0.1, 0.15) is 39.7 Å². The molecular formula is C32H44N8O4. The number of nitrogens with one attached hydrogen (secondary N) is 3. The number of pyridine rings is 1. The minimum Gasteiger partial charge on any atom is -0.468 e. The second kappa shape index (κ2) is 15.4. The number of hydrogen-bond acceptors (Lipinski definition) is 11. The molecule has 4 rings (SSSR count). The van der Waals surface area contributed by atoms with Gasteiger partial charge in [0.1, 0.15) is 11.4 Å². The number of benzene rings is 1. The third-order valence-corrected chi connectivity index (χ3v) is 7.04. The van der Waals surface area contributed by atoms with Crippen molar-refractivity contribution in [2.75, 3.05) is 57.0 Å². The molecule has 1 aliphatic heterocycles. The van der Waals surface area contributed by atoms with Crippen LogP contribution < -0.4 is 16.0 Å². The Balaban J connectivity index is 1.26. The number of esters is 1. The van der Waals surface area contributed by atoms with Crippen molar-refractivity contribution >= 4 is 29.5 Å². The molecule has 0 aliphatic carbocycles. The lowest BCUT2D eigenvalue weighted by Gasteiger charge is -2.39. The molecule has 0 saturated carbocycles. The molecule has 236 valence electrons. The molecule has 1 fully saturated rings. The standard InChI is InChI=1S/C32H44N8O4/c1-23-20-39(22-29(41)43-5)16-17-40(23)21-24-8-6-9-26(18-24)37-30-34-15-12-27(38-30)25-10-11-28(36-19-25)33-13-7-14-35-31(42)44-32(2,3)4/h6,8-12,15,18-19,23H,7,13-14,16-17,20-22H2,1-5H3,(H,33,36)(H,35,42)(H,34,37,38). The molecule has 1 saturated heterocycles. The number of carbonyl (C=O) groups excluding carboxylic acids is 2. The van der Waals surface area contributed by atoms with E-state index in [2.05, 4.69) is 54.8 Å². The van der Waals surface area contributed by atoms with Crippen molar-refractivity contribution in [3.63, 3.8) is 0 Å². The van der Waals surface area contributed by atoms with E-state index in [1.54, 1.807) is 12.4 Å². The van der Waals surface area contributed by atoms with Gasteiger partial charge in [0.15, 0.2) is 0 Å². The Hall–Kier alpha value is -4.29. The lowest BCUT2D eigenvalue weighted by molar-refractivity contribution is -0.142. The number of piperazine rings is 1. The number of carbonyl (C=O) groups is 2. The zero-order valence-corrected chi connectivity index (χ0v) is 26.3. The molecular weight excluding hydrogens is 560 g/mol. The van der Waals surface area contributed by atoms with Gasteiger partial charge in [0.05, 0.1) is 19.3 Å². The maximum atomic E-state index is 11.7. The minimum absolute atomic E-state index is 0.195. The van der Waals surface area contributed by atoms with Crippen LogP contribution in [0.4, 0.5) is 22.2 Å². The number of ether oxygens (including phenoxy) is 2.